The Kier molecular flexibility index (Phi) is 6.75. The molecule has 4 aliphatic rings. The third-order valence-electron chi connectivity index (χ3n) is 8.02. The van der Waals surface area contributed by atoms with Crippen molar-refractivity contribution in [1.82, 2.24) is 10.2 Å². The van der Waals surface area contributed by atoms with E-state index in [9.17, 15) is 4.79 Å². The van der Waals surface area contributed by atoms with Gasteiger partial charge in [0.1, 0.15) is 17.7 Å². The number of rotatable bonds is 7. The highest BCUT2D eigenvalue weighted by Crippen LogP contribution is 2.47. The van der Waals surface area contributed by atoms with Crippen LogP contribution >= 0.6 is 0 Å². The lowest BCUT2D eigenvalue weighted by Crippen LogP contribution is -2.53. The molecule has 3 aliphatic heterocycles. The van der Waals surface area contributed by atoms with Crippen LogP contribution in [-0.4, -0.2) is 43.3 Å². The smallest absolute Gasteiger partial charge is 0.407 e. The minimum absolute atomic E-state index is 0.0467. The van der Waals surface area contributed by atoms with Gasteiger partial charge in [-0.15, -0.1) is 0 Å². The number of carbonyl (C=O) groups excluding carboxylic acids is 1. The molecule has 2 atom stereocenters. The van der Waals surface area contributed by atoms with Gasteiger partial charge in [-0.1, -0.05) is 39.3 Å². The average molecular weight is 481 g/mol. The van der Waals surface area contributed by atoms with E-state index in [-0.39, 0.29) is 23.4 Å². The number of benzene rings is 2. The molecule has 2 aromatic rings. The van der Waals surface area contributed by atoms with Crippen LogP contribution in [0.4, 0.5) is 9.18 Å². The summed E-state index contributed by atoms with van der Waals surface area (Å²) in [4.78, 5) is 15.3. The molecule has 0 aromatic heterocycles. The Morgan fingerprint density at radius 3 is 2.57 bits per heavy atom. The Hall–Kier alpha value is -2.60. The molecule has 3 saturated heterocycles. The molecule has 1 amide bonds. The summed E-state index contributed by atoms with van der Waals surface area (Å²) < 4.78 is 26.9. The SMILES string of the molecule is CCCCOc1ccc(-c2cc3c(cc2F)[C@H](NC(=O)O[C@H]2CN4CCC2CC4)C(C)(C)C3)cc1. The number of ether oxygens (including phenoxy) is 2. The van der Waals surface area contributed by atoms with Gasteiger partial charge in [0.05, 0.1) is 12.6 Å². The molecule has 6 heteroatoms. The Balaban J connectivity index is 1.30. The lowest BCUT2D eigenvalue weighted by atomic mass is 9.85. The van der Waals surface area contributed by atoms with E-state index in [0.29, 0.717) is 18.1 Å². The summed E-state index contributed by atoms with van der Waals surface area (Å²) in [5.74, 6) is 0.979. The van der Waals surface area contributed by atoms with Crippen LogP contribution in [-0.2, 0) is 11.2 Å². The summed E-state index contributed by atoms with van der Waals surface area (Å²) >= 11 is 0. The molecule has 6 rings (SSSR count). The van der Waals surface area contributed by atoms with Crippen LogP contribution in [0.15, 0.2) is 36.4 Å². The first-order chi connectivity index (χ1) is 16.8. The zero-order chi connectivity index (χ0) is 24.6. The number of alkyl carbamates (subject to hydrolysis) is 1. The zero-order valence-electron chi connectivity index (χ0n) is 21.1. The summed E-state index contributed by atoms with van der Waals surface area (Å²) in [5.41, 5.74) is 3.09. The fourth-order valence-electron chi connectivity index (χ4n) is 5.96. The number of unbranched alkanes of at least 4 members (excludes halogenated alkanes) is 1. The molecule has 5 nitrogen and oxygen atoms in total. The van der Waals surface area contributed by atoms with Crippen molar-refractivity contribution in [2.45, 2.75) is 65.0 Å². The van der Waals surface area contributed by atoms with Crippen LogP contribution in [0, 0.1) is 17.2 Å². The molecule has 3 fully saturated rings. The van der Waals surface area contributed by atoms with E-state index in [2.05, 4.69) is 31.0 Å². The van der Waals surface area contributed by atoms with Crippen LogP contribution in [0.2, 0.25) is 0 Å². The van der Waals surface area contributed by atoms with Crippen molar-refractivity contribution in [2.24, 2.45) is 11.3 Å². The van der Waals surface area contributed by atoms with Crippen LogP contribution in [0.1, 0.15) is 63.6 Å². The Bertz CT molecular complexity index is 1060. The van der Waals surface area contributed by atoms with Gasteiger partial charge in [-0.05, 0) is 91.1 Å². The van der Waals surface area contributed by atoms with Crippen LogP contribution in [0.25, 0.3) is 11.1 Å². The maximum absolute atomic E-state index is 15.3. The van der Waals surface area contributed by atoms with Crippen molar-refractivity contribution in [1.29, 1.82) is 0 Å². The first-order valence-corrected chi connectivity index (χ1v) is 13.1. The lowest BCUT2D eigenvalue weighted by Gasteiger charge is -2.44. The van der Waals surface area contributed by atoms with Crippen molar-refractivity contribution in [3.63, 3.8) is 0 Å². The third kappa shape index (κ3) is 5.04. The van der Waals surface area contributed by atoms with Crippen molar-refractivity contribution >= 4 is 6.09 Å². The molecule has 0 radical (unpaired) electrons. The highest BCUT2D eigenvalue weighted by molar-refractivity contribution is 5.70. The van der Waals surface area contributed by atoms with Crippen molar-refractivity contribution in [3.05, 3.63) is 53.3 Å². The molecular formula is C29H37FN2O3. The van der Waals surface area contributed by atoms with Crippen LogP contribution in [0.3, 0.4) is 0 Å². The highest BCUT2D eigenvalue weighted by atomic mass is 19.1. The minimum Gasteiger partial charge on any atom is -0.494 e. The van der Waals surface area contributed by atoms with Gasteiger partial charge in [-0.3, -0.25) is 4.90 Å². The Morgan fingerprint density at radius 2 is 1.91 bits per heavy atom. The van der Waals surface area contributed by atoms with Crippen LogP contribution in [0.5, 0.6) is 5.75 Å². The summed E-state index contributed by atoms with van der Waals surface area (Å²) in [7, 11) is 0. The maximum atomic E-state index is 15.3. The average Bonchev–Trinajstić information content (AvgIpc) is 3.08. The molecule has 1 N–H and O–H groups in total. The molecule has 3 heterocycles. The summed E-state index contributed by atoms with van der Waals surface area (Å²) in [6.45, 7) is 10.1. The molecule has 35 heavy (non-hydrogen) atoms. The van der Waals surface area contributed by atoms with Gasteiger partial charge in [0, 0.05) is 12.1 Å². The van der Waals surface area contributed by atoms with E-state index in [1.807, 2.05) is 30.3 Å². The first-order valence-electron chi connectivity index (χ1n) is 13.1. The van der Waals surface area contributed by atoms with Crippen molar-refractivity contribution in [3.8, 4) is 16.9 Å². The second-order valence-corrected chi connectivity index (χ2v) is 11.1. The largest absolute Gasteiger partial charge is 0.494 e. The molecule has 1 aliphatic carbocycles. The number of nitrogens with one attached hydrogen (secondary N) is 1. The predicted octanol–water partition coefficient (Wildman–Crippen LogP) is 6.12. The molecule has 0 unspecified atom stereocenters. The standard InChI is InChI=1S/C29H37FN2O3/c1-4-5-14-34-22-8-6-19(7-9-22)23-15-21-17-29(2,3)27(24(21)16-25(23)30)31-28(33)35-26-18-32-12-10-20(26)11-13-32/h6-9,15-16,20,26-27H,4-5,10-14,17-18H2,1-3H3,(H,31,33)/t26-,27-/m0/s1. The van der Waals surface area contributed by atoms with Gasteiger partial charge < -0.3 is 14.8 Å². The number of hydrogen-bond acceptors (Lipinski definition) is 4. The van der Waals surface area contributed by atoms with E-state index in [1.165, 1.54) is 0 Å². The minimum atomic E-state index is -0.391. The number of halogens is 1. The van der Waals surface area contributed by atoms with E-state index in [0.717, 1.165) is 74.2 Å². The fraction of sp³-hybridized carbons (Fsp3) is 0.552. The van der Waals surface area contributed by atoms with Gasteiger partial charge in [-0.25, -0.2) is 9.18 Å². The van der Waals surface area contributed by atoms with E-state index < -0.39 is 6.09 Å². The highest BCUT2D eigenvalue weighted by Gasteiger charge is 2.42. The molecular weight excluding hydrogens is 443 g/mol. The molecule has 0 saturated carbocycles. The normalized spacial score (nSPS) is 26.3. The van der Waals surface area contributed by atoms with Gasteiger partial charge in [0.2, 0.25) is 0 Å². The van der Waals surface area contributed by atoms with Gasteiger partial charge in [0.25, 0.3) is 0 Å². The summed E-state index contributed by atoms with van der Waals surface area (Å²) in [6, 6.07) is 10.9. The number of nitrogens with zero attached hydrogens (tertiary/aromatic N) is 1. The summed E-state index contributed by atoms with van der Waals surface area (Å²) in [5, 5.41) is 3.09. The Labute approximate surface area is 208 Å². The van der Waals surface area contributed by atoms with Crippen molar-refractivity contribution < 1.29 is 18.7 Å². The van der Waals surface area contributed by atoms with Gasteiger partial charge in [0.15, 0.2) is 0 Å². The van der Waals surface area contributed by atoms with Crippen LogP contribution < -0.4 is 10.1 Å². The van der Waals surface area contributed by atoms with Gasteiger partial charge >= 0.3 is 6.09 Å². The molecule has 188 valence electrons. The zero-order valence-corrected chi connectivity index (χ0v) is 21.1. The number of carbonyl (C=O) groups is 1. The lowest BCUT2D eigenvalue weighted by molar-refractivity contribution is -0.0349. The maximum Gasteiger partial charge on any atom is 0.407 e. The van der Waals surface area contributed by atoms with Gasteiger partial charge in [-0.2, -0.15) is 0 Å². The van der Waals surface area contributed by atoms with E-state index in [4.69, 9.17) is 9.47 Å². The molecule has 0 spiro atoms. The van der Waals surface area contributed by atoms with E-state index in [1.54, 1.807) is 6.07 Å². The third-order valence-corrected chi connectivity index (χ3v) is 8.02. The second kappa shape index (κ2) is 9.81. The number of piperidine rings is 3. The number of fused-ring (bicyclic) bond motifs is 4. The molecule has 2 bridgehead atoms. The predicted molar refractivity (Wildman–Crippen MR) is 135 cm³/mol. The van der Waals surface area contributed by atoms with E-state index >= 15 is 4.39 Å². The monoisotopic (exact) mass is 480 g/mol. The number of amides is 1. The Morgan fingerprint density at radius 1 is 1.17 bits per heavy atom. The summed E-state index contributed by atoms with van der Waals surface area (Å²) in [6.07, 6.45) is 4.61. The van der Waals surface area contributed by atoms with Crippen molar-refractivity contribution in [2.75, 3.05) is 26.2 Å². The number of hydrogen-bond donors (Lipinski definition) is 1. The second-order valence-electron chi connectivity index (χ2n) is 11.1. The first kappa shape index (κ1) is 24.1. The molecule has 2 aromatic carbocycles. The fourth-order valence-corrected chi connectivity index (χ4v) is 5.96. The quantitative estimate of drug-likeness (QED) is 0.486. The topological polar surface area (TPSA) is 50.8 Å².